The molecule has 7 heteroatoms. The number of phosphoric ester groups is 1. The zero-order valence-corrected chi connectivity index (χ0v) is 6.78. The molecular formula is C4H12NO5P. The predicted molar refractivity (Wildman–Crippen MR) is 37.7 cm³/mol. The first-order valence-corrected chi connectivity index (χ1v) is 4.57. The first-order valence-electron chi connectivity index (χ1n) is 3.04. The number of hydrogen-bond donors (Lipinski definition) is 4. The van der Waals surface area contributed by atoms with Crippen LogP contribution in [-0.4, -0.2) is 34.1 Å². The second kappa shape index (κ2) is 4.82. The molecule has 0 aromatic carbocycles. The standard InChI is InChI=1S/C4H12NO5P/c5-3-4(6)1-2-10-11(7,8)9/h4,6H,1-3,5H2,(H2,7,8,9)/t4-/m0/s1. The minimum atomic E-state index is -4.38. The van der Waals surface area contributed by atoms with Crippen LogP contribution in [-0.2, 0) is 9.09 Å². The number of aliphatic hydroxyl groups is 1. The van der Waals surface area contributed by atoms with Crippen LogP contribution in [0.3, 0.4) is 0 Å². The summed E-state index contributed by atoms with van der Waals surface area (Å²) in [6.07, 6.45) is -0.636. The summed E-state index contributed by atoms with van der Waals surface area (Å²) < 4.78 is 14.1. The Morgan fingerprint density at radius 1 is 1.55 bits per heavy atom. The van der Waals surface area contributed by atoms with E-state index < -0.39 is 13.9 Å². The normalized spacial score (nSPS) is 14.9. The Bertz CT molecular complexity index is 145. The van der Waals surface area contributed by atoms with E-state index in [9.17, 15) is 4.57 Å². The smallest absolute Gasteiger partial charge is 0.392 e. The van der Waals surface area contributed by atoms with E-state index in [0.717, 1.165) is 0 Å². The largest absolute Gasteiger partial charge is 0.469 e. The lowest BCUT2D eigenvalue weighted by atomic mass is 10.3. The van der Waals surface area contributed by atoms with Gasteiger partial charge in [0.25, 0.3) is 0 Å². The van der Waals surface area contributed by atoms with Gasteiger partial charge in [-0.05, 0) is 6.42 Å². The van der Waals surface area contributed by atoms with Crippen LogP contribution in [0.4, 0.5) is 0 Å². The van der Waals surface area contributed by atoms with Gasteiger partial charge in [0.15, 0.2) is 0 Å². The van der Waals surface area contributed by atoms with Crippen LogP contribution in [0, 0.1) is 0 Å². The lowest BCUT2D eigenvalue weighted by Crippen LogP contribution is -2.21. The first-order chi connectivity index (χ1) is 4.95. The third kappa shape index (κ3) is 7.93. The fourth-order valence-corrected chi connectivity index (χ4v) is 0.769. The van der Waals surface area contributed by atoms with E-state index in [2.05, 4.69) is 4.52 Å². The van der Waals surface area contributed by atoms with Crippen molar-refractivity contribution in [1.82, 2.24) is 0 Å². The molecule has 0 spiro atoms. The summed E-state index contributed by atoms with van der Waals surface area (Å²) in [7, 11) is -4.38. The number of rotatable bonds is 5. The summed E-state index contributed by atoms with van der Waals surface area (Å²) in [5.41, 5.74) is 5.02. The van der Waals surface area contributed by atoms with Crippen LogP contribution in [0.5, 0.6) is 0 Å². The van der Waals surface area contributed by atoms with Crippen molar-refractivity contribution in [3.8, 4) is 0 Å². The number of nitrogens with two attached hydrogens (primary N) is 1. The highest BCUT2D eigenvalue weighted by molar-refractivity contribution is 7.46. The maximum atomic E-state index is 10.1. The molecule has 5 N–H and O–H groups in total. The molecule has 0 aromatic heterocycles. The summed E-state index contributed by atoms with van der Waals surface area (Å²) in [5, 5.41) is 8.80. The summed E-state index contributed by atoms with van der Waals surface area (Å²) in [4.78, 5) is 16.4. The monoisotopic (exact) mass is 185 g/mol. The Hall–Kier alpha value is 0.0300. The van der Waals surface area contributed by atoms with Gasteiger partial charge in [0, 0.05) is 6.54 Å². The quantitative estimate of drug-likeness (QED) is 0.400. The third-order valence-electron chi connectivity index (χ3n) is 0.983. The summed E-state index contributed by atoms with van der Waals surface area (Å²) in [5.74, 6) is 0. The molecule has 0 saturated heterocycles. The molecule has 0 aliphatic heterocycles. The van der Waals surface area contributed by atoms with E-state index in [1.807, 2.05) is 0 Å². The van der Waals surface area contributed by atoms with Crippen molar-refractivity contribution in [2.24, 2.45) is 5.73 Å². The van der Waals surface area contributed by atoms with Crippen LogP contribution in [0.25, 0.3) is 0 Å². The SMILES string of the molecule is NC[C@@H](O)CCOP(=O)(O)O. The Kier molecular flexibility index (Phi) is 4.83. The van der Waals surface area contributed by atoms with Gasteiger partial charge in [0.2, 0.25) is 0 Å². The molecule has 68 valence electrons. The van der Waals surface area contributed by atoms with Gasteiger partial charge < -0.3 is 20.6 Å². The van der Waals surface area contributed by atoms with Gasteiger partial charge >= 0.3 is 7.82 Å². The summed E-state index contributed by atoms with van der Waals surface area (Å²) in [6.45, 7) is -0.132. The zero-order valence-electron chi connectivity index (χ0n) is 5.88. The van der Waals surface area contributed by atoms with Gasteiger partial charge in [-0.2, -0.15) is 0 Å². The predicted octanol–water partition coefficient (Wildman–Crippen LogP) is -1.19. The molecule has 6 nitrogen and oxygen atoms in total. The summed E-state index contributed by atoms with van der Waals surface area (Å²) >= 11 is 0. The van der Waals surface area contributed by atoms with E-state index in [4.69, 9.17) is 20.6 Å². The molecule has 11 heavy (non-hydrogen) atoms. The highest BCUT2D eigenvalue weighted by atomic mass is 31.2. The number of aliphatic hydroxyl groups excluding tert-OH is 1. The number of phosphoric acid groups is 1. The van der Waals surface area contributed by atoms with Gasteiger partial charge in [-0.15, -0.1) is 0 Å². The van der Waals surface area contributed by atoms with Gasteiger partial charge in [-0.1, -0.05) is 0 Å². The van der Waals surface area contributed by atoms with Crippen LogP contribution >= 0.6 is 7.82 Å². The third-order valence-corrected chi connectivity index (χ3v) is 1.50. The molecule has 0 fully saturated rings. The molecule has 1 atom stereocenters. The Morgan fingerprint density at radius 3 is 2.45 bits per heavy atom. The van der Waals surface area contributed by atoms with E-state index in [-0.39, 0.29) is 19.6 Å². The second-order valence-electron chi connectivity index (χ2n) is 2.00. The van der Waals surface area contributed by atoms with Crippen LogP contribution < -0.4 is 5.73 Å². The lowest BCUT2D eigenvalue weighted by Gasteiger charge is -2.07. The fraction of sp³-hybridized carbons (Fsp3) is 1.00. The van der Waals surface area contributed by atoms with Crippen molar-refractivity contribution >= 4 is 7.82 Å². The molecule has 0 rings (SSSR count). The van der Waals surface area contributed by atoms with Crippen molar-refractivity contribution in [2.75, 3.05) is 13.2 Å². The highest BCUT2D eigenvalue weighted by Crippen LogP contribution is 2.35. The molecule has 0 radical (unpaired) electrons. The van der Waals surface area contributed by atoms with Gasteiger partial charge in [-0.25, -0.2) is 4.57 Å². The van der Waals surface area contributed by atoms with Gasteiger partial charge in [0.1, 0.15) is 0 Å². The van der Waals surface area contributed by atoms with Crippen molar-refractivity contribution < 1.29 is 24.0 Å². The molecular weight excluding hydrogens is 173 g/mol. The zero-order chi connectivity index (χ0) is 8.91. The van der Waals surface area contributed by atoms with E-state index >= 15 is 0 Å². The van der Waals surface area contributed by atoms with Crippen LogP contribution in [0.15, 0.2) is 0 Å². The van der Waals surface area contributed by atoms with Crippen LogP contribution in [0.2, 0.25) is 0 Å². The Morgan fingerprint density at radius 2 is 2.09 bits per heavy atom. The highest BCUT2D eigenvalue weighted by Gasteiger charge is 2.13. The first kappa shape index (κ1) is 11.0. The average molecular weight is 185 g/mol. The molecule has 0 heterocycles. The van der Waals surface area contributed by atoms with E-state index in [0.29, 0.717) is 0 Å². The minimum Gasteiger partial charge on any atom is -0.392 e. The number of hydrogen-bond acceptors (Lipinski definition) is 4. The van der Waals surface area contributed by atoms with Crippen molar-refractivity contribution in [2.45, 2.75) is 12.5 Å². The van der Waals surface area contributed by atoms with Crippen LogP contribution in [0.1, 0.15) is 6.42 Å². The molecule has 0 aromatic rings. The maximum Gasteiger partial charge on any atom is 0.469 e. The minimum absolute atomic E-state index is 0.0600. The Balaban J connectivity index is 3.35. The van der Waals surface area contributed by atoms with Crippen molar-refractivity contribution in [1.29, 1.82) is 0 Å². The van der Waals surface area contributed by atoms with Crippen molar-refractivity contribution in [3.63, 3.8) is 0 Å². The van der Waals surface area contributed by atoms with Crippen molar-refractivity contribution in [3.05, 3.63) is 0 Å². The lowest BCUT2D eigenvalue weighted by molar-refractivity contribution is 0.128. The van der Waals surface area contributed by atoms with Gasteiger partial charge in [0.05, 0.1) is 12.7 Å². The topological polar surface area (TPSA) is 113 Å². The molecule has 0 aliphatic rings. The fourth-order valence-electron chi connectivity index (χ4n) is 0.426. The molecule has 0 saturated carbocycles. The molecule has 0 aliphatic carbocycles. The summed E-state index contributed by atoms with van der Waals surface area (Å²) in [6, 6.07) is 0. The molecule has 0 amide bonds. The molecule has 0 unspecified atom stereocenters. The molecule has 0 bridgehead atoms. The average Bonchev–Trinajstić information content (AvgIpc) is 1.85. The maximum absolute atomic E-state index is 10.1. The van der Waals surface area contributed by atoms with Gasteiger partial charge in [-0.3, -0.25) is 4.52 Å². The van der Waals surface area contributed by atoms with E-state index in [1.165, 1.54) is 0 Å². The second-order valence-corrected chi connectivity index (χ2v) is 3.24. The Labute approximate surface area is 64.2 Å². The van der Waals surface area contributed by atoms with E-state index in [1.54, 1.807) is 0 Å².